The predicted molar refractivity (Wildman–Crippen MR) is 196 cm³/mol. The van der Waals surface area contributed by atoms with Crippen LogP contribution in [0.15, 0.2) is 29.8 Å². The number of benzene rings is 1. The van der Waals surface area contributed by atoms with Crippen LogP contribution in [0.3, 0.4) is 0 Å². The standard InChI is InChI=1S/C38H54FN5O7S/c1-24-32(52-23-41-24)26-15-13-25(14-16-26)28(21-30(46)40-19-11-9-7-5-6-8-10-12-31(47)48)42-34(49)29-20-27(45)22-44(29)35(50)33(37(2,3)4)43-36(51)38(39)17-18-38/h13-16,23,27-29,33,45H,5-12,17-22H2,1-4H3,(H,40,46)(H,42,49)(H,43,51)(H,47,48)/t27-,28?,29+,33?/m1/s1. The van der Waals surface area contributed by atoms with Crippen LogP contribution in [-0.2, 0) is 24.0 Å². The number of carbonyl (C=O) groups excluding carboxylic acids is 4. The summed E-state index contributed by atoms with van der Waals surface area (Å²) in [5, 5.41) is 27.9. The first kappa shape index (κ1) is 40.9. The Morgan fingerprint density at radius 3 is 2.21 bits per heavy atom. The monoisotopic (exact) mass is 743 g/mol. The Hall–Kier alpha value is -3.91. The van der Waals surface area contributed by atoms with Crippen LogP contribution < -0.4 is 16.0 Å². The van der Waals surface area contributed by atoms with Crippen molar-refractivity contribution in [1.82, 2.24) is 25.8 Å². The zero-order valence-electron chi connectivity index (χ0n) is 30.7. The van der Waals surface area contributed by atoms with Gasteiger partial charge in [0.25, 0.3) is 5.91 Å². The normalized spacial score (nSPS) is 19.1. The molecule has 4 amide bonds. The van der Waals surface area contributed by atoms with E-state index in [1.165, 1.54) is 16.2 Å². The topological polar surface area (TPSA) is 178 Å². The lowest BCUT2D eigenvalue weighted by atomic mass is 9.85. The molecule has 1 saturated heterocycles. The summed E-state index contributed by atoms with van der Waals surface area (Å²) in [5.74, 6) is -3.00. The number of halogens is 1. The van der Waals surface area contributed by atoms with Crippen molar-refractivity contribution in [2.45, 2.75) is 135 Å². The van der Waals surface area contributed by atoms with Crippen LogP contribution in [0, 0.1) is 12.3 Å². The molecule has 2 fully saturated rings. The van der Waals surface area contributed by atoms with Gasteiger partial charge in [-0.25, -0.2) is 9.37 Å². The van der Waals surface area contributed by atoms with Crippen LogP contribution in [0.1, 0.15) is 115 Å². The molecule has 2 aromatic rings. The number of carbonyl (C=O) groups is 5. The van der Waals surface area contributed by atoms with Gasteiger partial charge in [0.1, 0.15) is 12.1 Å². The number of unbranched alkanes of at least 4 members (excludes halogenated alkanes) is 6. The van der Waals surface area contributed by atoms with Crippen LogP contribution in [0.4, 0.5) is 4.39 Å². The number of nitrogens with one attached hydrogen (secondary N) is 3. The minimum absolute atomic E-state index is 0.0303. The second kappa shape index (κ2) is 18.2. The maximum Gasteiger partial charge on any atom is 0.303 e. The molecule has 2 heterocycles. The van der Waals surface area contributed by atoms with Crippen molar-refractivity contribution in [2.75, 3.05) is 13.1 Å². The summed E-state index contributed by atoms with van der Waals surface area (Å²) in [7, 11) is 0. The van der Waals surface area contributed by atoms with Crippen molar-refractivity contribution in [3.8, 4) is 10.4 Å². The first-order valence-electron chi connectivity index (χ1n) is 18.4. The fraction of sp³-hybridized carbons (Fsp3) is 0.632. The molecule has 286 valence electrons. The van der Waals surface area contributed by atoms with E-state index in [1.807, 2.05) is 31.2 Å². The number of aromatic nitrogens is 1. The van der Waals surface area contributed by atoms with Gasteiger partial charge in [-0.2, -0.15) is 0 Å². The lowest BCUT2D eigenvalue weighted by Crippen LogP contribution is -2.59. The van der Waals surface area contributed by atoms with Gasteiger partial charge in [-0.15, -0.1) is 11.3 Å². The van der Waals surface area contributed by atoms with E-state index in [9.17, 15) is 33.5 Å². The average molecular weight is 744 g/mol. The van der Waals surface area contributed by atoms with Crippen LogP contribution in [0.2, 0.25) is 0 Å². The lowest BCUT2D eigenvalue weighted by molar-refractivity contribution is -0.145. The molecule has 4 rings (SSSR count). The molecular formula is C38H54FN5O7S. The quantitative estimate of drug-likeness (QED) is 0.125. The largest absolute Gasteiger partial charge is 0.481 e. The smallest absolute Gasteiger partial charge is 0.303 e. The summed E-state index contributed by atoms with van der Waals surface area (Å²) in [6.45, 7) is 7.50. The molecule has 1 aliphatic heterocycles. The summed E-state index contributed by atoms with van der Waals surface area (Å²) < 4.78 is 14.6. The maximum atomic E-state index is 14.6. The summed E-state index contributed by atoms with van der Waals surface area (Å²) in [6.07, 6.45) is 5.56. The summed E-state index contributed by atoms with van der Waals surface area (Å²) in [5.41, 5.74) is 1.51. The highest BCUT2D eigenvalue weighted by Gasteiger charge is 2.53. The third kappa shape index (κ3) is 11.5. The van der Waals surface area contributed by atoms with Crippen molar-refractivity contribution >= 4 is 40.9 Å². The Labute approximate surface area is 309 Å². The molecule has 14 heteroatoms. The molecule has 52 heavy (non-hydrogen) atoms. The lowest BCUT2D eigenvalue weighted by Gasteiger charge is -2.36. The number of rotatable bonds is 19. The molecule has 0 radical (unpaired) electrons. The van der Waals surface area contributed by atoms with Crippen molar-refractivity contribution in [2.24, 2.45) is 5.41 Å². The van der Waals surface area contributed by atoms with Crippen LogP contribution >= 0.6 is 11.3 Å². The van der Waals surface area contributed by atoms with Gasteiger partial charge in [0.05, 0.1) is 34.6 Å². The minimum Gasteiger partial charge on any atom is -0.481 e. The number of amides is 4. The second-order valence-electron chi connectivity index (χ2n) is 15.3. The van der Waals surface area contributed by atoms with Crippen molar-refractivity contribution in [3.63, 3.8) is 0 Å². The van der Waals surface area contributed by atoms with E-state index in [1.54, 1.807) is 26.3 Å². The number of likely N-dealkylation sites (tertiary alicyclic amines) is 1. The van der Waals surface area contributed by atoms with Gasteiger partial charge in [0.2, 0.25) is 17.7 Å². The minimum atomic E-state index is -1.99. The number of hydrogen-bond donors (Lipinski definition) is 5. The van der Waals surface area contributed by atoms with E-state index in [4.69, 9.17) is 5.11 Å². The molecule has 0 spiro atoms. The number of thiazole rings is 1. The number of aliphatic hydroxyl groups excluding tert-OH is 1. The highest BCUT2D eigenvalue weighted by molar-refractivity contribution is 7.13. The summed E-state index contributed by atoms with van der Waals surface area (Å²) in [6, 6.07) is 4.59. The van der Waals surface area contributed by atoms with Gasteiger partial charge >= 0.3 is 5.97 Å². The number of aliphatic hydroxyl groups is 1. The zero-order chi connectivity index (χ0) is 38.1. The van der Waals surface area contributed by atoms with Gasteiger partial charge in [0, 0.05) is 25.9 Å². The molecule has 5 N–H and O–H groups in total. The van der Waals surface area contributed by atoms with E-state index in [2.05, 4.69) is 20.9 Å². The maximum absolute atomic E-state index is 14.6. The van der Waals surface area contributed by atoms with Gasteiger partial charge in [-0.1, -0.05) is 77.1 Å². The molecule has 0 bridgehead atoms. The van der Waals surface area contributed by atoms with Crippen LogP contribution in [0.25, 0.3) is 10.4 Å². The Balaban J connectivity index is 1.42. The van der Waals surface area contributed by atoms with Gasteiger partial charge < -0.3 is 31.1 Å². The number of carboxylic acid groups (broad SMARTS) is 1. The van der Waals surface area contributed by atoms with Crippen LogP contribution in [-0.4, -0.2) is 86.6 Å². The predicted octanol–water partition coefficient (Wildman–Crippen LogP) is 4.98. The average Bonchev–Trinajstić information content (AvgIpc) is 3.49. The highest BCUT2D eigenvalue weighted by Crippen LogP contribution is 2.40. The molecule has 1 aromatic heterocycles. The van der Waals surface area contributed by atoms with E-state index in [-0.39, 0.29) is 44.6 Å². The highest BCUT2D eigenvalue weighted by atomic mass is 32.1. The zero-order valence-corrected chi connectivity index (χ0v) is 31.5. The molecule has 2 aliphatic rings. The number of nitrogens with zero attached hydrogens (tertiary/aromatic N) is 2. The third-order valence-electron chi connectivity index (χ3n) is 9.77. The first-order valence-corrected chi connectivity index (χ1v) is 19.2. The number of aryl methyl sites for hydroxylation is 1. The Bertz CT molecular complexity index is 1560. The van der Waals surface area contributed by atoms with E-state index in [0.29, 0.717) is 18.5 Å². The van der Waals surface area contributed by atoms with E-state index in [0.717, 1.165) is 54.7 Å². The van der Waals surface area contributed by atoms with E-state index < -0.39 is 59.0 Å². The molecule has 4 atom stereocenters. The number of carboxylic acids is 1. The molecule has 12 nitrogen and oxygen atoms in total. The molecule has 1 aromatic carbocycles. The van der Waals surface area contributed by atoms with Gasteiger partial charge in [-0.05, 0) is 49.1 Å². The van der Waals surface area contributed by atoms with E-state index >= 15 is 0 Å². The fourth-order valence-corrected chi connectivity index (χ4v) is 7.27. The molecular weight excluding hydrogens is 690 g/mol. The number of aliphatic carboxylic acids is 1. The summed E-state index contributed by atoms with van der Waals surface area (Å²) >= 11 is 1.52. The molecule has 1 aliphatic carbocycles. The first-order chi connectivity index (χ1) is 24.6. The van der Waals surface area contributed by atoms with Gasteiger partial charge in [-0.3, -0.25) is 24.0 Å². The fourth-order valence-electron chi connectivity index (χ4n) is 6.45. The second-order valence-corrected chi connectivity index (χ2v) is 16.1. The summed E-state index contributed by atoms with van der Waals surface area (Å²) in [4.78, 5) is 71.0. The Morgan fingerprint density at radius 2 is 1.63 bits per heavy atom. The number of hydrogen-bond acceptors (Lipinski definition) is 8. The SMILES string of the molecule is Cc1ncsc1-c1ccc(C(CC(=O)NCCCCCCCCCC(=O)O)NC(=O)[C@@H]2C[C@@H](O)CN2C(=O)C(NC(=O)C2(F)CC2)C(C)(C)C)cc1. The Kier molecular flexibility index (Phi) is 14.3. The van der Waals surface area contributed by atoms with Crippen molar-refractivity contribution in [1.29, 1.82) is 0 Å². The third-order valence-corrected chi connectivity index (χ3v) is 10.7. The Morgan fingerprint density at radius 1 is 1.00 bits per heavy atom. The number of β-amino-alcohol motifs (C(OH)–C–C–N with tert-alkyl or cyclic N) is 1. The van der Waals surface area contributed by atoms with Crippen molar-refractivity contribution in [3.05, 3.63) is 41.0 Å². The molecule has 2 unspecified atom stereocenters. The van der Waals surface area contributed by atoms with Gasteiger partial charge in [0.15, 0.2) is 5.67 Å². The van der Waals surface area contributed by atoms with Crippen molar-refractivity contribution < 1.29 is 38.6 Å². The molecule has 1 saturated carbocycles. The van der Waals surface area contributed by atoms with Crippen LogP contribution in [0.5, 0.6) is 0 Å². The number of alkyl halides is 1.